The number of aliphatic hydroxyl groups is 1. The van der Waals surface area contributed by atoms with E-state index in [0.717, 1.165) is 6.42 Å². The molecule has 8 amide bonds. The second-order valence-corrected chi connectivity index (χ2v) is 18.4. The molecule has 1 fully saturated rings. The molecule has 0 aliphatic carbocycles. The average Bonchev–Trinajstić information content (AvgIpc) is 4.00. The first-order chi connectivity index (χ1) is 33.2. The summed E-state index contributed by atoms with van der Waals surface area (Å²) in [5, 5.41) is 53.0. The Bertz CT molecular complexity index is 2130. The first-order valence-electron chi connectivity index (χ1n) is 23.2. The van der Waals surface area contributed by atoms with Gasteiger partial charge < -0.3 is 73.9 Å². The fourth-order valence-electron chi connectivity index (χ4n) is 7.51. The van der Waals surface area contributed by atoms with Crippen LogP contribution < -0.4 is 53.6 Å². The molecule has 1 aromatic heterocycles. The molecule has 0 radical (unpaired) electrons. The van der Waals surface area contributed by atoms with Crippen LogP contribution in [0.3, 0.4) is 0 Å². The lowest BCUT2D eigenvalue weighted by atomic mass is 10.0. The molecule has 0 bridgehead atoms. The number of carboxylic acid groups (broad SMARTS) is 2. The Labute approximate surface area is 409 Å². The summed E-state index contributed by atoms with van der Waals surface area (Å²) in [5.41, 5.74) is 6.88. The van der Waals surface area contributed by atoms with E-state index in [4.69, 9.17) is 5.73 Å². The van der Waals surface area contributed by atoms with Crippen molar-refractivity contribution >= 4 is 81.9 Å². The van der Waals surface area contributed by atoms with Crippen LogP contribution in [0.15, 0.2) is 30.5 Å². The highest BCUT2D eigenvalue weighted by molar-refractivity contribution is 7.98. The van der Waals surface area contributed by atoms with Crippen LogP contribution in [0, 0.1) is 5.92 Å². The van der Waals surface area contributed by atoms with Gasteiger partial charge in [-0.1, -0.05) is 32.0 Å². The van der Waals surface area contributed by atoms with Gasteiger partial charge in [0.1, 0.15) is 36.3 Å². The fourth-order valence-corrected chi connectivity index (χ4v) is 7.99. The van der Waals surface area contributed by atoms with Crippen molar-refractivity contribution in [1.82, 2.24) is 52.8 Å². The third-order valence-electron chi connectivity index (χ3n) is 11.2. The average molecular weight is 1000 g/mol. The highest BCUT2D eigenvalue weighted by Gasteiger charge is 2.34. The normalized spacial score (nSPS) is 16.3. The lowest BCUT2D eigenvalue weighted by molar-refractivity contribution is -0.143. The molecule has 1 aromatic carbocycles. The Balaban J connectivity index is 1.76. The van der Waals surface area contributed by atoms with Crippen molar-refractivity contribution in [3.8, 4) is 0 Å². The number of hydrogen-bond donors (Lipinski definition) is 14. The minimum atomic E-state index is -1.78. The molecule has 15 N–H and O–H groups in total. The lowest BCUT2D eigenvalue weighted by Crippen LogP contribution is -2.59. The maximum absolute atomic E-state index is 14.1. The van der Waals surface area contributed by atoms with Gasteiger partial charge in [0.05, 0.1) is 31.7 Å². The van der Waals surface area contributed by atoms with E-state index in [9.17, 15) is 63.3 Å². The van der Waals surface area contributed by atoms with Crippen LogP contribution >= 0.6 is 11.8 Å². The van der Waals surface area contributed by atoms with Crippen molar-refractivity contribution in [3.63, 3.8) is 0 Å². The summed E-state index contributed by atoms with van der Waals surface area (Å²) in [7, 11) is 0. The standard InChI is InChI=1S/C45H69N11O13S/c1-24(2)18-32(41(64)53-31(45(68)69)14-17-70-4)54-43(66)34(20-37(60)61)55-42(65)33(19-26-21-48-28-11-6-5-10-27(26)28)52-36(59)22-49-39(62)30(12-7-8-15-46)51-35(58)23-50-44(67)38(25(3)57)56-40(63)29-13-9-16-47-29/h5-6,10-11,21,24-25,29-34,38,47-48,57H,7-9,12-20,22-23,46H2,1-4H3,(H,49,62)(H,50,67)(H,51,58)(H,52,59)(H,53,64)(H,54,66)(H,55,65)(H,56,63)(H,60,61)(H,68,69)/t25-,29+,30+,31+,32+,33+,34+,38+/m1/s1. The van der Waals surface area contributed by atoms with Crippen molar-refractivity contribution < 1.29 is 63.3 Å². The summed E-state index contributed by atoms with van der Waals surface area (Å²) >= 11 is 1.37. The van der Waals surface area contributed by atoms with E-state index in [1.165, 1.54) is 18.7 Å². The number of carbonyl (C=O) groups is 10. The molecule has 388 valence electrons. The number of amides is 8. The molecule has 25 heteroatoms. The number of nitrogens with two attached hydrogens (primary N) is 1. The van der Waals surface area contributed by atoms with Crippen LogP contribution in [0.4, 0.5) is 0 Å². The van der Waals surface area contributed by atoms with Crippen molar-refractivity contribution in [2.45, 2.75) is 127 Å². The first kappa shape index (κ1) is 58.0. The van der Waals surface area contributed by atoms with Crippen LogP contribution in [0.1, 0.15) is 77.7 Å². The molecular formula is C45H69N11O13S. The summed E-state index contributed by atoms with van der Waals surface area (Å²) in [6.07, 6.45) is 3.29. The predicted octanol–water partition coefficient (Wildman–Crippen LogP) is -2.53. The molecule has 70 heavy (non-hydrogen) atoms. The molecule has 1 aliphatic heterocycles. The van der Waals surface area contributed by atoms with Gasteiger partial charge in [0.2, 0.25) is 47.3 Å². The van der Waals surface area contributed by atoms with Gasteiger partial charge in [-0.25, -0.2) is 4.79 Å². The van der Waals surface area contributed by atoms with Crippen molar-refractivity contribution in [1.29, 1.82) is 0 Å². The second-order valence-electron chi connectivity index (χ2n) is 17.4. The lowest BCUT2D eigenvalue weighted by Gasteiger charge is -2.26. The number of aliphatic hydroxyl groups excluding tert-OH is 1. The molecular weight excluding hydrogens is 935 g/mol. The molecule has 0 unspecified atom stereocenters. The Morgan fingerprint density at radius 2 is 1.36 bits per heavy atom. The Morgan fingerprint density at radius 1 is 0.743 bits per heavy atom. The van der Waals surface area contributed by atoms with E-state index in [1.54, 1.807) is 50.6 Å². The number of carbonyl (C=O) groups excluding carboxylic acids is 8. The Morgan fingerprint density at radius 3 is 1.96 bits per heavy atom. The predicted molar refractivity (Wildman–Crippen MR) is 258 cm³/mol. The molecule has 2 heterocycles. The zero-order chi connectivity index (χ0) is 51.9. The quantitative estimate of drug-likeness (QED) is 0.0347. The van der Waals surface area contributed by atoms with E-state index in [2.05, 4.69) is 52.8 Å². The van der Waals surface area contributed by atoms with E-state index in [1.807, 2.05) is 0 Å². The number of nitrogens with one attached hydrogen (secondary N) is 10. The minimum Gasteiger partial charge on any atom is -0.481 e. The SMILES string of the molecule is CSCC[C@H](NC(=O)[C@H](CC(C)C)NC(=O)[C@H](CC(=O)O)NC(=O)[C@H](Cc1c[nH]c2ccccc12)NC(=O)CNC(=O)[C@H](CCCCN)NC(=O)CNC(=O)[C@@H](NC(=O)[C@@H]1CCCN1)[C@@H](C)O)C(=O)O. The van der Waals surface area contributed by atoms with E-state index >= 15 is 0 Å². The minimum absolute atomic E-state index is 0.0309. The van der Waals surface area contributed by atoms with Gasteiger partial charge in [0.15, 0.2) is 0 Å². The first-order valence-corrected chi connectivity index (χ1v) is 24.6. The van der Waals surface area contributed by atoms with Crippen LogP contribution in [0.2, 0.25) is 0 Å². The molecule has 3 rings (SSSR count). The van der Waals surface area contributed by atoms with Gasteiger partial charge in [-0.3, -0.25) is 43.2 Å². The van der Waals surface area contributed by atoms with Crippen molar-refractivity contribution in [2.24, 2.45) is 11.7 Å². The number of aliphatic carboxylic acids is 2. The van der Waals surface area contributed by atoms with Gasteiger partial charge in [-0.05, 0) is 94.5 Å². The summed E-state index contributed by atoms with van der Waals surface area (Å²) in [4.78, 5) is 134. The van der Waals surface area contributed by atoms with Crippen LogP contribution in [0.25, 0.3) is 10.9 Å². The molecule has 1 aliphatic rings. The number of benzene rings is 1. The van der Waals surface area contributed by atoms with Crippen molar-refractivity contribution in [3.05, 3.63) is 36.0 Å². The summed E-state index contributed by atoms with van der Waals surface area (Å²) in [6, 6.07) is -1.91. The van der Waals surface area contributed by atoms with Crippen LogP contribution in [-0.4, -0.2) is 166 Å². The fraction of sp³-hybridized carbons (Fsp3) is 0.600. The highest BCUT2D eigenvalue weighted by atomic mass is 32.2. The summed E-state index contributed by atoms with van der Waals surface area (Å²) < 4.78 is 0. The molecule has 24 nitrogen and oxygen atoms in total. The van der Waals surface area contributed by atoms with Crippen LogP contribution in [0.5, 0.6) is 0 Å². The van der Waals surface area contributed by atoms with Gasteiger partial charge in [-0.2, -0.15) is 11.8 Å². The molecule has 2 aromatic rings. The zero-order valence-electron chi connectivity index (χ0n) is 39.9. The topological polar surface area (TPSA) is 381 Å². The number of carboxylic acids is 2. The van der Waals surface area contributed by atoms with E-state index < -0.39 is 127 Å². The van der Waals surface area contributed by atoms with Gasteiger partial charge >= 0.3 is 11.9 Å². The van der Waals surface area contributed by atoms with Crippen molar-refractivity contribution in [2.75, 3.05) is 38.2 Å². The smallest absolute Gasteiger partial charge is 0.326 e. The molecule has 0 spiro atoms. The number of rotatable bonds is 31. The monoisotopic (exact) mass is 1000 g/mol. The summed E-state index contributed by atoms with van der Waals surface area (Å²) in [5.74, 6) is -9.28. The number of H-pyrrole nitrogens is 1. The second kappa shape index (κ2) is 29.7. The summed E-state index contributed by atoms with van der Waals surface area (Å²) in [6.45, 7) is 4.35. The molecule has 8 atom stereocenters. The van der Waals surface area contributed by atoms with Gasteiger partial charge in [0, 0.05) is 23.5 Å². The maximum Gasteiger partial charge on any atom is 0.326 e. The number of para-hydroxylation sites is 1. The largest absolute Gasteiger partial charge is 0.481 e. The Kier molecular flexibility index (Phi) is 24.6. The number of fused-ring (bicyclic) bond motifs is 1. The van der Waals surface area contributed by atoms with Gasteiger partial charge in [0.25, 0.3) is 0 Å². The van der Waals surface area contributed by atoms with E-state index in [-0.39, 0.29) is 38.1 Å². The molecule has 1 saturated heterocycles. The number of hydrogen-bond acceptors (Lipinski definition) is 14. The highest BCUT2D eigenvalue weighted by Crippen LogP contribution is 2.20. The molecule has 0 saturated carbocycles. The number of thioether (sulfide) groups is 1. The maximum atomic E-state index is 14.1. The zero-order valence-corrected chi connectivity index (χ0v) is 40.7. The van der Waals surface area contributed by atoms with Gasteiger partial charge in [-0.15, -0.1) is 0 Å². The van der Waals surface area contributed by atoms with Crippen LogP contribution in [-0.2, 0) is 54.4 Å². The number of aromatic amines is 1. The number of unbranched alkanes of at least 4 members (excludes halogenated alkanes) is 1. The third kappa shape index (κ3) is 19.6. The Hall–Kier alpha value is -6.31. The van der Waals surface area contributed by atoms with E-state index in [0.29, 0.717) is 48.0 Å². The third-order valence-corrected chi connectivity index (χ3v) is 11.9. The number of aromatic nitrogens is 1.